The number of hydrogen-bond donors (Lipinski definition) is 3. The van der Waals surface area contributed by atoms with Crippen LogP contribution in [0.5, 0.6) is 0 Å². The lowest BCUT2D eigenvalue weighted by Crippen LogP contribution is -2.42. The van der Waals surface area contributed by atoms with E-state index in [-0.39, 0.29) is 23.3 Å². The molecule has 26 heavy (non-hydrogen) atoms. The number of carbonyl (C=O) groups excluding carboxylic acids is 2. The molecule has 5 nitrogen and oxygen atoms in total. The minimum Gasteiger partial charge on any atom is -0.391 e. The number of carbonyl (C=O) groups is 2. The average Bonchev–Trinajstić information content (AvgIpc) is 3.45. The van der Waals surface area contributed by atoms with Crippen molar-refractivity contribution in [2.75, 3.05) is 6.54 Å². The first-order valence-corrected chi connectivity index (χ1v) is 9.76. The Morgan fingerprint density at radius 3 is 2.46 bits per heavy atom. The topological polar surface area (TPSA) is 78.4 Å². The zero-order valence-electron chi connectivity index (χ0n) is 15.5. The summed E-state index contributed by atoms with van der Waals surface area (Å²) in [6.45, 7) is 2.07. The molecule has 2 amide bonds. The fourth-order valence-electron chi connectivity index (χ4n) is 4.09. The summed E-state index contributed by atoms with van der Waals surface area (Å²) in [4.78, 5) is 23.7. The van der Waals surface area contributed by atoms with Gasteiger partial charge in [0.1, 0.15) is 0 Å². The van der Waals surface area contributed by atoms with Gasteiger partial charge in [0.2, 0.25) is 11.8 Å². The molecule has 0 aliphatic heterocycles. The van der Waals surface area contributed by atoms with Gasteiger partial charge in [0.05, 0.1) is 12.1 Å². The third-order valence-corrected chi connectivity index (χ3v) is 5.89. The Hall–Kier alpha value is -1.88. The Morgan fingerprint density at radius 2 is 1.81 bits per heavy atom. The van der Waals surface area contributed by atoms with Gasteiger partial charge in [0.25, 0.3) is 0 Å². The van der Waals surface area contributed by atoms with Crippen molar-refractivity contribution >= 4 is 11.8 Å². The predicted molar refractivity (Wildman–Crippen MR) is 101 cm³/mol. The molecule has 142 valence electrons. The molecule has 3 N–H and O–H groups in total. The van der Waals surface area contributed by atoms with Gasteiger partial charge in [-0.3, -0.25) is 9.59 Å². The second kappa shape index (κ2) is 8.21. The molecule has 3 rings (SSSR count). The molecule has 2 saturated carbocycles. The van der Waals surface area contributed by atoms with Gasteiger partial charge in [-0.15, -0.1) is 0 Å². The zero-order chi connectivity index (χ0) is 18.6. The van der Waals surface area contributed by atoms with E-state index in [4.69, 9.17) is 0 Å². The zero-order valence-corrected chi connectivity index (χ0v) is 15.5. The molecule has 2 aliphatic carbocycles. The highest BCUT2D eigenvalue weighted by Crippen LogP contribution is 2.38. The molecule has 1 aromatic carbocycles. The van der Waals surface area contributed by atoms with Gasteiger partial charge in [-0.05, 0) is 50.0 Å². The summed E-state index contributed by atoms with van der Waals surface area (Å²) in [6, 6.07) is 10.0. The van der Waals surface area contributed by atoms with Gasteiger partial charge in [0, 0.05) is 25.3 Å². The van der Waals surface area contributed by atoms with Gasteiger partial charge in [0.15, 0.2) is 0 Å². The first kappa shape index (κ1) is 18.9. The number of aliphatic hydroxyl groups is 1. The Morgan fingerprint density at radius 1 is 1.12 bits per heavy atom. The third-order valence-electron chi connectivity index (χ3n) is 5.89. The van der Waals surface area contributed by atoms with E-state index < -0.39 is 6.10 Å². The number of aliphatic hydroxyl groups excluding tert-OH is 1. The van der Waals surface area contributed by atoms with Gasteiger partial charge in [-0.1, -0.05) is 30.3 Å². The van der Waals surface area contributed by atoms with E-state index in [1.165, 1.54) is 25.3 Å². The quantitative estimate of drug-likeness (QED) is 0.683. The lowest BCUT2D eigenvalue weighted by molar-refractivity contribution is -0.122. The van der Waals surface area contributed by atoms with Crippen molar-refractivity contribution in [3.8, 4) is 0 Å². The number of nitrogens with one attached hydrogen (secondary N) is 2. The molecular weight excluding hydrogens is 328 g/mol. The lowest BCUT2D eigenvalue weighted by Gasteiger charge is -2.34. The van der Waals surface area contributed by atoms with Crippen molar-refractivity contribution in [3.63, 3.8) is 0 Å². The Balaban J connectivity index is 1.74. The van der Waals surface area contributed by atoms with Crippen LogP contribution in [0, 0.1) is 5.92 Å². The fourth-order valence-corrected chi connectivity index (χ4v) is 4.09. The van der Waals surface area contributed by atoms with Crippen molar-refractivity contribution in [1.82, 2.24) is 10.6 Å². The Bertz CT molecular complexity index is 629. The van der Waals surface area contributed by atoms with Crippen LogP contribution in [0.3, 0.4) is 0 Å². The summed E-state index contributed by atoms with van der Waals surface area (Å²) in [5.41, 5.74) is 0.997. The normalized spacial score (nSPS) is 28.8. The van der Waals surface area contributed by atoms with Crippen LogP contribution in [0.15, 0.2) is 30.3 Å². The van der Waals surface area contributed by atoms with Crippen molar-refractivity contribution in [3.05, 3.63) is 35.9 Å². The maximum absolute atomic E-state index is 12.3. The summed E-state index contributed by atoms with van der Waals surface area (Å²) in [5.74, 6) is 0.591. The molecular formula is C21H30N2O3. The lowest BCUT2D eigenvalue weighted by atomic mass is 9.74. The number of hydrogen-bond acceptors (Lipinski definition) is 3. The smallest absolute Gasteiger partial charge is 0.220 e. The molecule has 2 fully saturated rings. The average molecular weight is 358 g/mol. The van der Waals surface area contributed by atoms with Crippen LogP contribution in [0.4, 0.5) is 0 Å². The number of amides is 2. The maximum atomic E-state index is 12.3. The molecule has 0 spiro atoms. The molecule has 2 aliphatic rings. The van der Waals surface area contributed by atoms with E-state index in [1.54, 1.807) is 0 Å². The minimum atomic E-state index is -0.549. The van der Waals surface area contributed by atoms with Crippen LogP contribution in [-0.2, 0) is 15.0 Å². The van der Waals surface area contributed by atoms with E-state index in [0.29, 0.717) is 31.7 Å². The second-order valence-corrected chi connectivity index (χ2v) is 8.02. The van der Waals surface area contributed by atoms with Crippen molar-refractivity contribution in [1.29, 1.82) is 0 Å². The van der Waals surface area contributed by atoms with Crippen LogP contribution in [0.25, 0.3) is 0 Å². The van der Waals surface area contributed by atoms with Gasteiger partial charge in [-0.25, -0.2) is 0 Å². The Labute approximate surface area is 155 Å². The molecule has 0 bridgehead atoms. The van der Waals surface area contributed by atoms with Gasteiger partial charge < -0.3 is 15.7 Å². The summed E-state index contributed by atoms with van der Waals surface area (Å²) in [7, 11) is 0. The third kappa shape index (κ3) is 4.85. The maximum Gasteiger partial charge on any atom is 0.220 e. The van der Waals surface area contributed by atoms with E-state index in [0.717, 1.165) is 12.8 Å². The first-order valence-electron chi connectivity index (χ1n) is 9.76. The van der Waals surface area contributed by atoms with E-state index in [1.807, 2.05) is 18.2 Å². The molecule has 1 aromatic rings. The SMILES string of the molecule is CC(=O)N[C@H]1CC[C@](CNC(=O)CC2CC2)(c2ccccc2)CC[C@@H]1O. The van der Waals surface area contributed by atoms with E-state index in [2.05, 4.69) is 22.8 Å². The largest absolute Gasteiger partial charge is 0.391 e. The summed E-state index contributed by atoms with van der Waals surface area (Å²) in [6.07, 6.45) is 5.34. The molecule has 0 aromatic heterocycles. The number of rotatable bonds is 6. The fraction of sp³-hybridized carbons (Fsp3) is 0.619. The van der Waals surface area contributed by atoms with Crippen molar-refractivity contribution < 1.29 is 14.7 Å². The molecule has 0 heterocycles. The Kier molecular flexibility index (Phi) is 5.97. The van der Waals surface area contributed by atoms with Gasteiger partial charge in [-0.2, -0.15) is 0 Å². The van der Waals surface area contributed by atoms with Crippen LogP contribution >= 0.6 is 0 Å². The highest BCUT2D eigenvalue weighted by molar-refractivity contribution is 5.76. The summed E-state index contributed by atoms with van der Waals surface area (Å²) in [5, 5.41) is 16.5. The summed E-state index contributed by atoms with van der Waals surface area (Å²) >= 11 is 0. The number of benzene rings is 1. The van der Waals surface area contributed by atoms with Crippen LogP contribution in [0.1, 0.15) is 57.4 Å². The van der Waals surface area contributed by atoms with E-state index >= 15 is 0 Å². The van der Waals surface area contributed by atoms with Crippen molar-refractivity contribution in [2.45, 2.75) is 69.4 Å². The van der Waals surface area contributed by atoms with Gasteiger partial charge >= 0.3 is 0 Å². The molecule has 0 radical (unpaired) electrons. The predicted octanol–water partition coefficient (Wildman–Crippen LogP) is 2.28. The molecule has 0 unspecified atom stereocenters. The standard InChI is InChI=1S/C21H30N2O3/c1-15(24)23-18-9-11-21(12-10-19(18)25,17-5-3-2-4-6-17)14-22-20(26)13-16-7-8-16/h2-6,16,18-19,25H,7-14H2,1H3,(H,22,26)(H,23,24)/t18-,19-,21-/m0/s1. The molecule has 5 heteroatoms. The minimum absolute atomic E-state index is 0.112. The second-order valence-electron chi connectivity index (χ2n) is 8.02. The summed E-state index contributed by atoms with van der Waals surface area (Å²) < 4.78 is 0. The van der Waals surface area contributed by atoms with Crippen LogP contribution in [-0.4, -0.2) is 35.6 Å². The monoisotopic (exact) mass is 358 g/mol. The first-order chi connectivity index (χ1) is 12.5. The highest BCUT2D eigenvalue weighted by Gasteiger charge is 2.38. The van der Waals surface area contributed by atoms with E-state index in [9.17, 15) is 14.7 Å². The molecule has 0 saturated heterocycles. The van der Waals surface area contributed by atoms with Crippen LogP contribution in [0.2, 0.25) is 0 Å². The highest BCUT2D eigenvalue weighted by atomic mass is 16.3. The molecule has 3 atom stereocenters. The van der Waals surface area contributed by atoms with Crippen molar-refractivity contribution in [2.24, 2.45) is 5.92 Å². The van der Waals surface area contributed by atoms with Crippen LogP contribution < -0.4 is 10.6 Å².